The summed E-state index contributed by atoms with van der Waals surface area (Å²) in [6, 6.07) is 8.38. The number of likely N-dealkylation sites (N-methyl/N-ethyl adjacent to an activating group) is 1. The molecular formula is C26H31FN4O6. The normalized spacial score (nSPS) is 17.8. The van der Waals surface area contributed by atoms with Crippen LogP contribution >= 0.6 is 0 Å². The monoisotopic (exact) mass is 514 g/mol. The van der Waals surface area contributed by atoms with Gasteiger partial charge in [0.2, 0.25) is 5.91 Å². The second-order valence-electron chi connectivity index (χ2n) is 9.05. The molecule has 37 heavy (non-hydrogen) atoms. The number of benzene rings is 2. The van der Waals surface area contributed by atoms with Crippen LogP contribution in [-0.4, -0.2) is 77.5 Å². The molecular weight excluding hydrogens is 483 g/mol. The van der Waals surface area contributed by atoms with Crippen LogP contribution in [0.4, 0.5) is 10.1 Å². The summed E-state index contributed by atoms with van der Waals surface area (Å²) in [5.74, 6) is -4.59. The molecule has 2 aliphatic rings. The molecule has 0 saturated carbocycles. The number of halogens is 1. The molecule has 2 amide bonds. The number of carbonyl (C=O) groups excluding carboxylic acids is 3. The van der Waals surface area contributed by atoms with E-state index in [0.717, 1.165) is 13.1 Å². The predicted octanol–water partition coefficient (Wildman–Crippen LogP) is 0.914. The zero-order valence-corrected chi connectivity index (χ0v) is 20.6. The molecule has 0 bridgehead atoms. The minimum Gasteiger partial charge on any atom is -0.380 e. The maximum absolute atomic E-state index is 15.3. The van der Waals surface area contributed by atoms with Crippen molar-refractivity contribution in [2.45, 2.75) is 37.9 Å². The Bertz CT molecular complexity index is 1170. The summed E-state index contributed by atoms with van der Waals surface area (Å²) >= 11 is 0. The molecule has 4 rings (SSSR count). The average molecular weight is 515 g/mol. The van der Waals surface area contributed by atoms with Crippen molar-refractivity contribution < 1.29 is 33.7 Å². The zero-order chi connectivity index (χ0) is 26.6. The van der Waals surface area contributed by atoms with Crippen molar-refractivity contribution in [3.8, 4) is 0 Å². The van der Waals surface area contributed by atoms with Gasteiger partial charge in [-0.15, -0.1) is 0 Å². The molecule has 2 aliphatic heterocycles. The quantitative estimate of drug-likeness (QED) is 0.272. The first-order chi connectivity index (χ1) is 17.8. The van der Waals surface area contributed by atoms with Gasteiger partial charge >= 0.3 is 0 Å². The van der Waals surface area contributed by atoms with Crippen LogP contribution in [-0.2, 0) is 33.3 Å². The Morgan fingerprint density at radius 2 is 1.89 bits per heavy atom. The predicted molar refractivity (Wildman–Crippen MR) is 132 cm³/mol. The van der Waals surface area contributed by atoms with Gasteiger partial charge in [-0.2, -0.15) is 0 Å². The van der Waals surface area contributed by atoms with E-state index < -0.39 is 23.8 Å². The van der Waals surface area contributed by atoms with Gasteiger partial charge in [-0.25, -0.2) is 4.39 Å². The number of hydrogen-bond acceptors (Lipinski definition) is 8. The Labute approximate surface area is 214 Å². The number of carbonyl (C=O) groups is 3. The highest BCUT2D eigenvalue weighted by Gasteiger charge is 2.53. The summed E-state index contributed by atoms with van der Waals surface area (Å²) in [5.41, 5.74) is 0.993. The van der Waals surface area contributed by atoms with Gasteiger partial charge in [0.25, 0.3) is 11.8 Å². The molecule has 1 unspecified atom stereocenters. The lowest BCUT2D eigenvalue weighted by molar-refractivity contribution is -0.258. The first-order valence-corrected chi connectivity index (χ1v) is 12.2. The third-order valence-electron chi connectivity index (χ3n) is 6.73. The van der Waals surface area contributed by atoms with E-state index in [1.54, 1.807) is 30.3 Å². The van der Waals surface area contributed by atoms with E-state index in [2.05, 4.69) is 15.5 Å². The summed E-state index contributed by atoms with van der Waals surface area (Å²) in [6.45, 7) is 3.14. The third-order valence-corrected chi connectivity index (χ3v) is 6.73. The SMILES string of the molecule is CNC(=O)C(CCC=O)N1C(=O)c2cccc(NCc3cccc(CN4CCOCC4)c3F)c2C1(O)O. The van der Waals surface area contributed by atoms with Gasteiger partial charge < -0.3 is 30.4 Å². The summed E-state index contributed by atoms with van der Waals surface area (Å²) < 4.78 is 20.7. The Hall–Kier alpha value is -3.38. The first kappa shape index (κ1) is 26.7. The lowest BCUT2D eigenvalue weighted by Gasteiger charge is -2.35. The number of hydrogen-bond donors (Lipinski definition) is 4. The van der Waals surface area contributed by atoms with E-state index in [0.29, 0.717) is 42.1 Å². The van der Waals surface area contributed by atoms with Crippen molar-refractivity contribution >= 4 is 23.8 Å². The molecule has 1 fully saturated rings. The largest absolute Gasteiger partial charge is 0.380 e. The summed E-state index contributed by atoms with van der Waals surface area (Å²) in [4.78, 5) is 39.4. The standard InChI is InChI=1S/C26H31FN4O6/c1-28-24(33)21(9-4-12-32)31-25(34)19-7-3-8-20(22(19)26(31,35)36)29-15-17-5-2-6-18(23(17)27)16-30-10-13-37-14-11-30/h2-3,5-8,12,21,29,35-36H,4,9-11,13-16H2,1H3,(H,28,33). The topological polar surface area (TPSA) is 131 Å². The lowest BCUT2D eigenvalue weighted by atomic mass is 10.0. The van der Waals surface area contributed by atoms with E-state index in [-0.39, 0.29) is 42.0 Å². The second kappa shape index (κ2) is 11.3. The molecule has 2 aromatic rings. The number of ether oxygens (including phenoxy) is 1. The van der Waals surface area contributed by atoms with Crippen molar-refractivity contribution in [2.24, 2.45) is 0 Å². The number of aliphatic hydroxyl groups is 2. The van der Waals surface area contributed by atoms with Crippen molar-refractivity contribution in [3.05, 3.63) is 64.5 Å². The van der Waals surface area contributed by atoms with Crippen molar-refractivity contribution in [1.82, 2.24) is 15.1 Å². The van der Waals surface area contributed by atoms with Crippen molar-refractivity contribution in [2.75, 3.05) is 38.7 Å². The minimum absolute atomic E-state index is 0.00320. The number of rotatable bonds is 10. The van der Waals surface area contributed by atoms with E-state index in [9.17, 15) is 24.6 Å². The van der Waals surface area contributed by atoms with Gasteiger partial charge in [0, 0.05) is 56.5 Å². The lowest BCUT2D eigenvalue weighted by Crippen LogP contribution is -2.55. The first-order valence-electron chi connectivity index (χ1n) is 12.2. The Balaban J connectivity index is 1.58. The van der Waals surface area contributed by atoms with Gasteiger partial charge in [-0.1, -0.05) is 24.3 Å². The molecule has 2 aromatic carbocycles. The molecule has 0 aliphatic carbocycles. The molecule has 1 atom stereocenters. The fraction of sp³-hybridized carbons (Fsp3) is 0.423. The molecule has 2 heterocycles. The van der Waals surface area contributed by atoms with Crippen LogP contribution in [0.1, 0.15) is 39.9 Å². The maximum atomic E-state index is 15.3. The number of anilines is 1. The van der Waals surface area contributed by atoms with Crippen LogP contribution in [0.3, 0.4) is 0 Å². The highest BCUT2D eigenvalue weighted by molar-refractivity contribution is 6.03. The number of aldehydes is 1. The van der Waals surface area contributed by atoms with Crippen LogP contribution in [0.5, 0.6) is 0 Å². The minimum atomic E-state index is -2.83. The van der Waals surface area contributed by atoms with Gasteiger partial charge in [-0.05, 0) is 18.6 Å². The smallest absolute Gasteiger partial charge is 0.281 e. The number of morpholine rings is 1. The van der Waals surface area contributed by atoms with E-state index in [4.69, 9.17) is 4.74 Å². The van der Waals surface area contributed by atoms with Gasteiger partial charge in [-0.3, -0.25) is 19.4 Å². The van der Waals surface area contributed by atoms with E-state index in [1.807, 2.05) is 0 Å². The number of fused-ring (bicyclic) bond motifs is 1. The summed E-state index contributed by atoms with van der Waals surface area (Å²) in [6.07, 6.45) is 0.448. The average Bonchev–Trinajstić information content (AvgIpc) is 3.11. The molecule has 1 saturated heterocycles. The van der Waals surface area contributed by atoms with E-state index in [1.165, 1.54) is 13.1 Å². The number of nitrogens with one attached hydrogen (secondary N) is 2. The van der Waals surface area contributed by atoms with Crippen LogP contribution in [0, 0.1) is 5.82 Å². The molecule has 0 aromatic heterocycles. The van der Waals surface area contributed by atoms with Crippen molar-refractivity contribution in [1.29, 1.82) is 0 Å². The molecule has 0 spiro atoms. The molecule has 4 N–H and O–H groups in total. The van der Waals surface area contributed by atoms with Crippen LogP contribution in [0.2, 0.25) is 0 Å². The van der Waals surface area contributed by atoms with Gasteiger partial charge in [0.05, 0.1) is 24.3 Å². The fourth-order valence-corrected chi connectivity index (χ4v) is 4.84. The fourth-order valence-electron chi connectivity index (χ4n) is 4.84. The molecule has 0 radical (unpaired) electrons. The Kier molecular flexibility index (Phi) is 8.18. The maximum Gasteiger partial charge on any atom is 0.281 e. The molecule has 10 nitrogen and oxygen atoms in total. The third kappa shape index (κ3) is 5.35. The zero-order valence-electron chi connectivity index (χ0n) is 20.6. The molecule has 198 valence electrons. The Morgan fingerprint density at radius 1 is 1.19 bits per heavy atom. The van der Waals surface area contributed by atoms with Crippen LogP contribution in [0.15, 0.2) is 36.4 Å². The number of nitrogens with zero attached hydrogens (tertiary/aromatic N) is 2. The Morgan fingerprint density at radius 3 is 2.59 bits per heavy atom. The molecule has 11 heteroatoms. The summed E-state index contributed by atoms with van der Waals surface area (Å²) in [5, 5.41) is 27.7. The van der Waals surface area contributed by atoms with E-state index >= 15 is 4.39 Å². The second-order valence-corrected chi connectivity index (χ2v) is 9.05. The summed E-state index contributed by atoms with van der Waals surface area (Å²) in [7, 11) is 1.36. The van der Waals surface area contributed by atoms with Gasteiger partial charge in [0.1, 0.15) is 18.1 Å². The van der Waals surface area contributed by atoms with Crippen LogP contribution < -0.4 is 10.6 Å². The van der Waals surface area contributed by atoms with Gasteiger partial charge in [0.15, 0.2) is 0 Å². The number of amides is 2. The van der Waals surface area contributed by atoms with Crippen molar-refractivity contribution in [3.63, 3.8) is 0 Å². The highest BCUT2D eigenvalue weighted by Crippen LogP contribution is 2.42. The van der Waals surface area contributed by atoms with Crippen LogP contribution in [0.25, 0.3) is 0 Å². The highest BCUT2D eigenvalue weighted by atomic mass is 19.1.